The molecule has 2 saturated heterocycles. The molecular weight excluding hydrogens is 692 g/mol. The molecule has 15 heteroatoms. The van der Waals surface area contributed by atoms with Crippen LogP contribution in [0.2, 0.25) is 0 Å². The maximum Gasteiger partial charge on any atom is 0.245 e. The minimum atomic E-state index is -1.30. The Hall–Kier alpha value is -4.50. The summed E-state index contributed by atoms with van der Waals surface area (Å²) in [6.07, 6.45) is -0.0629. The van der Waals surface area contributed by atoms with Gasteiger partial charge in [-0.3, -0.25) is 14.4 Å². The summed E-state index contributed by atoms with van der Waals surface area (Å²) in [5.74, 6) is -1.54. The zero-order valence-electron chi connectivity index (χ0n) is 30.1. The maximum absolute atomic E-state index is 15.3. The maximum atomic E-state index is 15.3. The van der Waals surface area contributed by atoms with Crippen LogP contribution in [0.5, 0.6) is 0 Å². The first-order valence-corrected chi connectivity index (χ1v) is 18.5. The summed E-state index contributed by atoms with van der Waals surface area (Å²) in [6, 6.07) is 6.09. The number of aromatic nitrogens is 3. The molecule has 4 N–H and O–H groups in total. The van der Waals surface area contributed by atoms with Crippen molar-refractivity contribution in [3.05, 3.63) is 53.6 Å². The quantitative estimate of drug-likeness (QED) is 0.154. The zero-order valence-corrected chi connectivity index (χ0v) is 30.1. The molecule has 4 heterocycles. The molecule has 6 unspecified atom stereocenters. The molecule has 2 aliphatic heterocycles. The molecule has 3 fully saturated rings. The highest BCUT2D eigenvalue weighted by Gasteiger charge is 2.45. The van der Waals surface area contributed by atoms with Crippen molar-refractivity contribution < 1.29 is 31.9 Å². The van der Waals surface area contributed by atoms with Crippen LogP contribution in [0.4, 0.5) is 17.6 Å². The van der Waals surface area contributed by atoms with Crippen LogP contribution in [-0.2, 0) is 27.3 Å². The molecule has 11 nitrogen and oxygen atoms in total. The molecule has 0 spiro atoms. The van der Waals surface area contributed by atoms with E-state index in [2.05, 4.69) is 20.9 Å². The van der Waals surface area contributed by atoms with Gasteiger partial charge >= 0.3 is 0 Å². The second-order valence-electron chi connectivity index (χ2n) is 14.7. The third kappa shape index (κ3) is 7.37. The standard InChI is InChI=1S/C38H46F4N8O3/c1-4-29(44-3)37(52)48-17-23(41)11-25(48)15-28-27-9-7-21(39)13-30(27)45-35(28)36-46-31-14-22(40)8-10-32(31)50(36)19-26-12-24(42)18-49(26)38(53)34(20-5-6-20)47-33(51)16-43-2/h7-10,13-14,20,23-26,29,34,43-45H,4-6,11-12,15-19H2,1-3H3,(H,47,51). The number of fused-ring (bicyclic) bond motifs is 2. The first-order chi connectivity index (χ1) is 25.5. The van der Waals surface area contributed by atoms with Crippen LogP contribution < -0.4 is 16.0 Å². The average molecular weight is 739 g/mol. The topological polar surface area (TPSA) is 127 Å². The summed E-state index contributed by atoms with van der Waals surface area (Å²) >= 11 is 0. The van der Waals surface area contributed by atoms with Crippen LogP contribution in [0, 0.1) is 17.6 Å². The van der Waals surface area contributed by atoms with Crippen molar-refractivity contribution >= 4 is 39.7 Å². The predicted octanol–water partition coefficient (Wildman–Crippen LogP) is 4.00. The summed E-state index contributed by atoms with van der Waals surface area (Å²) in [7, 11) is 3.33. The number of likely N-dealkylation sites (N-methyl/N-ethyl adjacent to an activating group) is 2. The number of benzene rings is 2. The number of H-pyrrole nitrogens is 1. The smallest absolute Gasteiger partial charge is 0.245 e. The van der Waals surface area contributed by atoms with E-state index in [-0.39, 0.29) is 69.1 Å². The number of imidazole rings is 1. The molecule has 1 saturated carbocycles. The van der Waals surface area contributed by atoms with Crippen molar-refractivity contribution in [1.29, 1.82) is 0 Å². The number of rotatable bonds is 13. The molecule has 6 atom stereocenters. The molecule has 2 aromatic carbocycles. The van der Waals surface area contributed by atoms with E-state index in [4.69, 9.17) is 4.98 Å². The molecule has 4 aromatic rings. The van der Waals surface area contributed by atoms with Gasteiger partial charge in [-0.25, -0.2) is 22.5 Å². The fraction of sp³-hybridized carbons (Fsp3) is 0.526. The fourth-order valence-electron chi connectivity index (χ4n) is 8.26. The van der Waals surface area contributed by atoms with Crippen molar-refractivity contribution in [2.45, 2.75) is 88.5 Å². The fourth-order valence-corrected chi connectivity index (χ4v) is 8.26. The van der Waals surface area contributed by atoms with E-state index in [0.29, 0.717) is 45.4 Å². The van der Waals surface area contributed by atoms with E-state index in [1.54, 1.807) is 31.1 Å². The highest BCUT2D eigenvalue weighted by Crippen LogP contribution is 2.38. The number of nitrogens with zero attached hydrogens (tertiary/aromatic N) is 4. The molecule has 2 aromatic heterocycles. The molecule has 3 aliphatic rings. The Morgan fingerprint density at radius 2 is 1.62 bits per heavy atom. The predicted molar refractivity (Wildman–Crippen MR) is 192 cm³/mol. The van der Waals surface area contributed by atoms with Crippen LogP contribution >= 0.6 is 0 Å². The molecule has 3 amide bonds. The van der Waals surface area contributed by atoms with Gasteiger partial charge in [0.15, 0.2) is 5.82 Å². The number of amides is 3. The molecular formula is C38H46F4N8O3. The highest BCUT2D eigenvalue weighted by molar-refractivity contribution is 5.92. The molecule has 7 rings (SSSR count). The van der Waals surface area contributed by atoms with Gasteiger partial charge in [-0.2, -0.15) is 0 Å². The Balaban J connectivity index is 1.29. The van der Waals surface area contributed by atoms with E-state index < -0.39 is 48.1 Å². The summed E-state index contributed by atoms with van der Waals surface area (Å²) in [6.45, 7) is 1.84. The molecule has 284 valence electrons. The van der Waals surface area contributed by atoms with Gasteiger partial charge in [-0.15, -0.1) is 0 Å². The van der Waals surface area contributed by atoms with Crippen molar-refractivity contribution in [3.63, 3.8) is 0 Å². The van der Waals surface area contributed by atoms with Gasteiger partial charge in [-0.05, 0) is 81.6 Å². The summed E-state index contributed by atoms with van der Waals surface area (Å²) in [4.78, 5) is 51.4. The normalized spacial score (nSPS) is 22.9. The number of likely N-dealkylation sites (tertiary alicyclic amines) is 2. The van der Waals surface area contributed by atoms with Crippen molar-refractivity contribution in [2.75, 3.05) is 33.7 Å². The lowest BCUT2D eigenvalue weighted by molar-refractivity contribution is -0.138. The number of nitrogens with one attached hydrogen (secondary N) is 4. The third-order valence-corrected chi connectivity index (χ3v) is 11.0. The van der Waals surface area contributed by atoms with Gasteiger partial charge in [0.1, 0.15) is 30.0 Å². The van der Waals surface area contributed by atoms with Gasteiger partial charge in [0, 0.05) is 42.4 Å². The lowest BCUT2D eigenvalue weighted by Gasteiger charge is -2.30. The van der Waals surface area contributed by atoms with E-state index in [0.717, 1.165) is 12.8 Å². The Labute approximate surface area is 304 Å². The Morgan fingerprint density at radius 1 is 0.943 bits per heavy atom. The number of hydrogen-bond acceptors (Lipinski definition) is 6. The Morgan fingerprint density at radius 3 is 2.30 bits per heavy atom. The largest absolute Gasteiger partial charge is 0.352 e. The average Bonchev–Trinajstić information content (AvgIpc) is 3.49. The van der Waals surface area contributed by atoms with Crippen molar-refractivity contribution in [2.24, 2.45) is 5.92 Å². The molecule has 0 radical (unpaired) electrons. The summed E-state index contributed by atoms with van der Waals surface area (Å²) < 4.78 is 61.5. The van der Waals surface area contributed by atoms with Crippen molar-refractivity contribution in [3.8, 4) is 11.5 Å². The second kappa shape index (κ2) is 15.1. The van der Waals surface area contributed by atoms with Crippen molar-refractivity contribution in [1.82, 2.24) is 40.3 Å². The van der Waals surface area contributed by atoms with E-state index >= 15 is 8.78 Å². The SMILES string of the molecule is CCC(NC)C(=O)N1CC(F)CC1Cc1c(-c2nc3cc(F)ccc3n2CC2CC(F)CN2C(=O)C(NC(=O)CNC)C2CC2)[nH]c2cc(F)ccc12. The van der Waals surface area contributed by atoms with Gasteiger partial charge in [0.2, 0.25) is 17.7 Å². The van der Waals surface area contributed by atoms with Gasteiger partial charge in [0.05, 0.1) is 48.4 Å². The molecule has 53 heavy (non-hydrogen) atoms. The second-order valence-corrected chi connectivity index (χ2v) is 14.7. The summed E-state index contributed by atoms with van der Waals surface area (Å²) in [5, 5.41) is 9.31. The first-order valence-electron chi connectivity index (χ1n) is 18.5. The third-order valence-electron chi connectivity index (χ3n) is 11.0. The number of hydrogen-bond donors (Lipinski definition) is 4. The van der Waals surface area contributed by atoms with Crippen LogP contribution in [0.25, 0.3) is 33.5 Å². The minimum absolute atomic E-state index is 0.0313. The minimum Gasteiger partial charge on any atom is -0.352 e. The monoisotopic (exact) mass is 738 g/mol. The van der Waals surface area contributed by atoms with E-state index in [9.17, 15) is 23.2 Å². The number of halogens is 4. The van der Waals surface area contributed by atoms with E-state index in [1.807, 2.05) is 11.5 Å². The number of carbonyl (C=O) groups excluding carboxylic acids is 3. The Bertz CT molecular complexity index is 2010. The lowest BCUT2D eigenvalue weighted by atomic mass is 9.99. The zero-order chi connectivity index (χ0) is 37.6. The Kier molecular flexibility index (Phi) is 10.5. The van der Waals surface area contributed by atoms with Crippen LogP contribution in [0.3, 0.4) is 0 Å². The molecule has 0 bridgehead atoms. The number of carbonyl (C=O) groups is 3. The van der Waals surface area contributed by atoms with E-state index in [1.165, 1.54) is 29.2 Å². The highest BCUT2D eigenvalue weighted by atomic mass is 19.1. The number of aromatic amines is 1. The number of alkyl halides is 2. The van der Waals surface area contributed by atoms with Crippen LogP contribution in [0.1, 0.15) is 44.6 Å². The lowest BCUT2D eigenvalue weighted by Crippen LogP contribution is -2.53. The first kappa shape index (κ1) is 36.8. The summed E-state index contributed by atoms with van der Waals surface area (Å²) in [5.41, 5.74) is 2.46. The van der Waals surface area contributed by atoms with Gasteiger partial charge in [-0.1, -0.05) is 6.92 Å². The van der Waals surface area contributed by atoms with Gasteiger partial charge in [0.25, 0.3) is 0 Å². The molecule has 1 aliphatic carbocycles. The van der Waals surface area contributed by atoms with Gasteiger partial charge < -0.3 is 35.3 Å². The van der Waals surface area contributed by atoms with Crippen LogP contribution in [0.15, 0.2) is 36.4 Å². The van der Waals surface area contributed by atoms with Crippen LogP contribution in [-0.4, -0.2) is 112 Å².